The van der Waals surface area contributed by atoms with E-state index in [9.17, 15) is 9.36 Å². The molecule has 9 heteroatoms. The van der Waals surface area contributed by atoms with Gasteiger partial charge in [-0.3, -0.25) is 0 Å². The van der Waals surface area contributed by atoms with Gasteiger partial charge in [-0.2, -0.15) is 14.7 Å². The fourth-order valence-electron chi connectivity index (χ4n) is 1.12. The Labute approximate surface area is 101 Å². The summed E-state index contributed by atoms with van der Waals surface area (Å²) < 4.78 is 15.6. The molecule has 1 atom stereocenters. The van der Waals surface area contributed by atoms with Crippen molar-refractivity contribution in [1.82, 2.24) is 0 Å². The van der Waals surface area contributed by atoms with Gasteiger partial charge in [-0.1, -0.05) is 32.6 Å². The average molecular weight is 289 g/mol. The van der Waals surface area contributed by atoms with E-state index in [0.29, 0.717) is 6.42 Å². The van der Waals surface area contributed by atoms with Crippen LogP contribution in [0.5, 0.6) is 0 Å². The normalized spacial score (nSPS) is 15.6. The Hall–Kier alpha value is 0.130. The number of unbranched alkanes of at least 4 members (excludes halogenated alkanes) is 4. The molecule has 0 fully saturated rings. The molecule has 0 aromatic carbocycles. The van der Waals surface area contributed by atoms with Crippen LogP contribution in [0.3, 0.4) is 0 Å². The zero-order chi connectivity index (χ0) is 13.5. The van der Waals surface area contributed by atoms with Crippen molar-refractivity contribution in [1.29, 1.82) is 0 Å². The second-order valence-electron chi connectivity index (χ2n) is 3.62. The van der Waals surface area contributed by atoms with E-state index < -0.39 is 20.8 Å². The summed E-state index contributed by atoms with van der Waals surface area (Å²) in [4.78, 5) is 45.6. The Balaban J connectivity index is 3.95. The Morgan fingerprint density at radius 2 is 1.71 bits per heavy atom. The van der Waals surface area contributed by atoms with Gasteiger partial charge in [-0.25, -0.2) is 9.36 Å². The molecule has 1 unspecified atom stereocenters. The maximum Gasteiger partial charge on any atom is 0.492 e. The van der Waals surface area contributed by atoms with Gasteiger partial charge >= 0.3 is 20.8 Å². The third-order valence-electron chi connectivity index (χ3n) is 2.01. The number of rotatable bonds is 9. The van der Waals surface area contributed by atoms with Crippen LogP contribution in [0.1, 0.15) is 39.0 Å². The SMILES string of the molecule is CCCCCCCOP(=O)(O)C(=O)[P+](O)(O)O. The van der Waals surface area contributed by atoms with Crippen molar-refractivity contribution >= 4 is 20.8 Å². The summed E-state index contributed by atoms with van der Waals surface area (Å²) in [6.07, 6.45) is 4.35. The topological polar surface area (TPSA) is 124 Å². The molecule has 17 heavy (non-hydrogen) atoms. The molecule has 0 heterocycles. The van der Waals surface area contributed by atoms with Crippen molar-refractivity contribution < 1.29 is 33.5 Å². The van der Waals surface area contributed by atoms with Crippen molar-refractivity contribution in [3.63, 3.8) is 0 Å². The zero-order valence-corrected chi connectivity index (χ0v) is 11.4. The van der Waals surface area contributed by atoms with Crippen molar-refractivity contribution in [3.8, 4) is 0 Å². The van der Waals surface area contributed by atoms with Crippen LogP contribution in [0.15, 0.2) is 0 Å². The zero-order valence-electron chi connectivity index (χ0n) is 9.65. The van der Waals surface area contributed by atoms with Crippen LogP contribution in [-0.2, 0) is 9.09 Å². The van der Waals surface area contributed by atoms with Crippen molar-refractivity contribution in [3.05, 3.63) is 0 Å². The summed E-state index contributed by atoms with van der Waals surface area (Å²) >= 11 is 0. The van der Waals surface area contributed by atoms with Gasteiger partial charge in [0.15, 0.2) is 0 Å². The molecule has 0 radical (unpaired) electrons. The van der Waals surface area contributed by atoms with Gasteiger partial charge < -0.3 is 9.42 Å². The lowest BCUT2D eigenvalue weighted by atomic mass is 10.2. The first-order valence-corrected chi connectivity index (χ1v) is 8.54. The highest BCUT2D eigenvalue weighted by atomic mass is 31.3. The number of carbonyl (C=O) groups is 1. The standard InChI is InChI=1S/C8H18O7P2/c1-2-3-4-5-6-7-15-17(13,14)8(9)16(10,11)12/h10-12H,2-7H2,1H3/p+1. The lowest BCUT2D eigenvalue weighted by molar-refractivity contribution is 0.229. The quantitative estimate of drug-likeness (QED) is 0.378. The molecule has 0 amide bonds. The van der Waals surface area contributed by atoms with Gasteiger partial charge in [0, 0.05) is 0 Å². The third-order valence-corrected chi connectivity index (χ3v) is 5.11. The first kappa shape index (κ1) is 17.1. The number of hydrogen-bond donors (Lipinski definition) is 4. The molecule has 0 aliphatic rings. The minimum atomic E-state index is -4.97. The maximum absolute atomic E-state index is 11.2. The lowest BCUT2D eigenvalue weighted by Crippen LogP contribution is -2.07. The van der Waals surface area contributed by atoms with Gasteiger partial charge in [0.2, 0.25) is 0 Å². The molecule has 102 valence electrons. The van der Waals surface area contributed by atoms with E-state index in [-0.39, 0.29) is 6.61 Å². The molecule has 0 aromatic heterocycles. The predicted octanol–water partition coefficient (Wildman–Crippen LogP) is 2.02. The summed E-state index contributed by atoms with van der Waals surface area (Å²) in [5.74, 6) is 0. The number of carbonyl (C=O) groups excluding carboxylic acids is 1. The van der Waals surface area contributed by atoms with Crippen LogP contribution >= 0.6 is 15.5 Å². The molecule has 0 spiro atoms. The minimum absolute atomic E-state index is 0.136. The van der Waals surface area contributed by atoms with E-state index in [1.54, 1.807) is 0 Å². The van der Waals surface area contributed by atoms with Crippen LogP contribution in [-0.4, -0.2) is 31.4 Å². The molecule has 7 nitrogen and oxygen atoms in total. The summed E-state index contributed by atoms with van der Waals surface area (Å²) in [5.41, 5.74) is 0. The largest absolute Gasteiger partial charge is 0.492 e. The Kier molecular flexibility index (Phi) is 7.60. The lowest BCUT2D eigenvalue weighted by Gasteiger charge is -2.09. The predicted molar refractivity (Wildman–Crippen MR) is 63.5 cm³/mol. The first-order chi connectivity index (χ1) is 7.72. The Morgan fingerprint density at radius 1 is 1.18 bits per heavy atom. The van der Waals surface area contributed by atoms with Gasteiger partial charge in [0.25, 0.3) is 0 Å². The van der Waals surface area contributed by atoms with Crippen LogP contribution in [0.4, 0.5) is 4.79 Å². The molecule has 0 aliphatic heterocycles. The van der Waals surface area contributed by atoms with Gasteiger partial charge in [-0.05, 0) is 6.42 Å². The highest BCUT2D eigenvalue weighted by Crippen LogP contribution is 2.62. The third kappa shape index (κ3) is 7.21. The van der Waals surface area contributed by atoms with E-state index in [1.807, 2.05) is 6.92 Å². The van der Waals surface area contributed by atoms with E-state index >= 15 is 0 Å². The molecule has 0 saturated heterocycles. The van der Waals surface area contributed by atoms with E-state index in [0.717, 1.165) is 25.7 Å². The van der Waals surface area contributed by atoms with Gasteiger partial charge in [-0.15, -0.1) is 0 Å². The average Bonchev–Trinajstić information content (AvgIpc) is 2.20. The van der Waals surface area contributed by atoms with Crippen LogP contribution < -0.4 is 0 Å². The molecule has 0 saturated carbocycles. The number of hydrogen-bond acceptors (Lipinski definition) is 6. The molecule has 0 bridgehead atoms. The van der Waals surface area contributed by atoms with E-state index in [4.69, 9.17) is 19.6 Å². The smallest absolute Gasteiger partial charge is 0.316 e. The first-order valence-electron chi connectivity index (χ1n) is 5.31. The second-order valence-corrected chi connectivity index (χ2v) is 7.22. The van der Waals surface area contributed by atoms with Gasteiger partial charge in [0.1, 0.15) is 0 Å². The Bertz CT molecular complexity index is 286. The summed E-state index contributed by atoms with van der Waals surface area (Å²) in [6.45, 7) is 1.91. The molecule has 0 aromatic rings. The highest BCUT2D eigenvalue weighted by molar-refractivity contribution is 8.00. The van der Waals surface area contributed by atoms with E-state index in [2.05, 4.69) is 4.52 Å². The fourth-order valence-corrected chi connectivity index (χ4v) is 3.14. The van der Waals surface area contributed by atoms with Gasteiger partial charge in [0.05, 0.1) is 6.61 Å². The second kappa shape index (κ2) is 7.54. The van der Waals surface area contributed by atoms with E-state index in [1.165, 1.54) is 0 Å². The summed E-state index contributed by atoms with van der Waals surface area (Å²) in [5, 5.41) is -1.93. The fraction of sp³-hybridized carbons (Fsp3) is 0.875. The van der Waals surface area contributed by atoms with Crippen molar-refractivity contribution in [2.45, 2.75) is 39.0 Å². The highest BCUT2D eigenvalue weighted by Gasteiger charge is 2.56. The molecule has 4 N–H and O–H groups in total. The molecule has 0 aliphatic carbocycles. The molecular weight excluding hydrogens is 270 g/mol. The monoisotopic (exact) mass is 289 g/mol. The van der Waals surface area contributed by atoms with Crippen LogP contribution in [0, 0.1) is 0 Å². The van der Waals surface area contributed by atoms with Crippen LogP contribution in [0.25, 0.3) is 0 Å². The van der Waals surface area contributed by atoms with Crippen molar-refractivity contribution in [2.75, 3.05) is 6.61 Å². The minimum Gasteiger partial charge on any atom is -0.316 e. The van der Waals surface area contributed by atoms with Crippen LogP contribution in [0.2, 0.25) is 0 Å². The van der Waals surface area contributed by atoms with Crippen molar-refractivity contribution in [2.24, 2.45) is 0 Å². The maximum atomic E-state index is 11.2. The summed E-state index contributed by atoms with van der Waals surface area (Å²) in [7, 11) is -9.77. The summed E-state index contributed by atoms with van der Waals surface area (Å²) in [6, 6.07) is 0. The Morgan fingerprint density at radius 3 is 2.18 bits per heavy atom. The molecular formula is C8H19O7P2+. The molecule has 0 rings (SSSR count).